The highest BCUT2D eigenvalue weighted by Gasteiger charge is 2.13. The van der Waals surface area contributed by atoms with Crippen LogP contribution in [0.5, 0.6) is 0 Å². The van der Waals surface area contributed by atoms with E-state index in [2.05, 4.69) is 20.6 Å². The normalized spacial score (nSPS) is 10.0. The van der Waals surface area contributed by atoms with Gasteiger partial charge >= 0.3 is 0 Å². The summed E-state index contributed by atoms with van der Waals surface area (Å²) in [5.74, 6) is -2.04. The van der Waals surface area contributed by atoms with Crippen molar-refractivity contribution >= 4 is 23.1 Å². The summed E-state index contributed by atoms with van der Waals surface area (Å²) in [6.07, 6.45) is 1.16. The summed E-state index contributed by atoms with van der Waals surface area (Å²) < 4.78 is 26.6. The SMILES string of the molecule is N#Cc1ccccc1Nc1cc(C(=O)Nc2ccc(F)cc2F)ncn1. The molecule has 0 aliphatic carbocycles. The van der Waals surface area contributed by atoms with Gasteiger partial charge in [-0.25, -0.2) is 18.7 Å². The first-order valence-corrected chi connectivity index (χ1v) is 7.41. The van der Waals surface area contributed by atoms with Gasteiger partial charge in [0.1, 0.15) is 35.5 Å². The third-order valence-electron chi connectivity index (χ3n) is 3.39. The van der Waals surface area contributed by atoms with Gasteiger partial charge in [0.25, 0.3) is 5.91 Å². The van der Waals surface area contributed by atoms with E-state index in [1.165, 1.54) is 6.07 Å². The number of carbonyl (C=O) groups excluding carboxylic acids is 1. The summed E-state index contributed by atoms with van der Waals surface area (Å²) in [7, 11) is 0. The number of benzene rings is 2. The van der Waals surface area contributed by atoms with E-state index < -0.39 is 17.5 Å². The van der Waals surface area contributed by atoms with Crippen molar-refractivity contribution in [2.45, 2.75) is 0 Å². The first-order chi connectivity index (χ1) is 12.6. The molecule has 0 atom stereocenters. The van der Waals surface area contributed by atoms with Gasteiger partial charge < -0.3 is 10.6 Å². The minimum atomic E-state index is -0.895. The van der Waals surface area contributed by atoms with Crippen molar-refractivity contribution in [1.29, 1.82) is 5.26 Å². The molecule has 128 valence electrons. The van der Waals surface area contributed by atoms with Crippen LogP contribution in [0.2, 0.25) is 0 Å². The third-order valence-corrected chi connectivity index (χ3v) is 3.39. The van der Waals surface area contributed by atoms with Crippen molar-refractivity contribution in [1.82, 2.24) is 9.97 Å². The van der Waals surface area contributed by atoms with E-state index in [4.69, 9.17) is 5.26 Å². The van der Waals surface area contributed by atoms with Gasteiger partial charge in [0.2, 0.25) is 0 Å². The van der Waals surface area contributed by atoms with Gasteiger partial charge in [-0.3, -0.25) is 4.79 Å². The number of nitrogens with zero attached hydrogens (tertiary/aromatic N) is 3. The number of amides is 1. The van der Waals surface area contributed by atoms with E-state index in [1.54, 1.807) is 24.3 Å². The van der Waals surface area contributed by atoms with Crippen LogP contribution in [0.3, 0.4) is 0 Å². The maximum Gasteiger partial charge on any atom is 0.274 e. The van der Waals surface area contributed by atoms with E-state index in [0.29, 0.717) is 17.3 Å². The monoisotopic (exact) mass is 351 g/mol. The summed E-state index contributed by atoms with van der Waals surface area (Å²) in [4.78, 5) is 20.1. The fourth-order valence-corrected chi connectivity index (χ4v) is 2.15. The van der Waals surface area contributed by atoms with Crippen molar-refractivity contribution in [3.8, 4) is 6.07 Å². The number of nitrogens with one attached hydrogen (secondary N) is 2. The predicted octanol–water partition coefficient (Wildman–Crippen LogP) is 3.62. The molecule has 0 unspecified atom stereocenters. The standard InChI is InChI=1S/C18H11F2N5O/c19-12-5-6-15(13(20)7-12)25-18(26)16-8-17(23-10-22-16)24-14-4-2-1-3-11(14)9-21/h1-8,10H,(H,25,26)(H,22,23,24). The highest BCUT2D eigenvalue weighted by atomic mass is 19.1. The predicted molar refractivity (Wildman–Crippen MR) is 90.8 cm³/mol. The molecule has 0 aliphatic rings. The van der Waals surface area contributed by atoms with Gasteiger partial charge in [-0.1, -0.05) is 12.1 Å². The second kappa shape index (κ2) is 7.36. The summed E-state index contributed by atoms with van der Waals surface area (Å²) in [5, 5.41) is 14.3. The fourth-order valence-electron chi connectivity index (χ4n) is 2.15. The Morgan fingerprint density at radius 1 is 1.04 bits per heavy atom. The molecule has 2 N–H and O–H groups in total. The number of para-hydroxylation sites is 1. The largest absolute Gasteiger partial charge is 0.339 e. The number of hydrogen-bond donors (Lipinski definition) is 2. The van der Waals surface area contributed by atoms with Crippen LogP contribution in [0.15, 0.2) is 54.9 Å². The zero-order valence-electron chi connectivity index (χ0n) is 13.2. The second-order valence-electron chi connectivity index (χ2n) is 5.15. The van der Waals surface area contributed by atoms with Crippen LogP contribution in [0.4, 0.5) is 26.0 Å². The fraction of sp³-hybridized carbons (Fsp3) is 0. The summed E-state index contributed by atoms with van der Waals surface area (Å²) in [5.41, 5.74) is 0.732. The molecule has 2 aromatic carbocycles. The van der Waals surface area contributed by atoms with Crippen LogP contribution in [0.1, 0.15) is 16.1 Å². The molecule has 0 fully saturated rings. The Morgan fingerprint density at radius 3 is 2.62 bits per heavy atom. The lowest BCUT2D eigenvalue weighted by Gasteiger charge is -2.09. The van der Waals surface area contributed by atoms with Crippen molar-refractivity contribution in [2.24, 2.45) is 0 Å². The highest BCUT2D eigenvalue weighted by molar-refractivity contribution is 6.03. The topological polar surface area (TPSA) is 90.7 Å². The molecule has 0 aliphatic heterocycles. The zero-order chi connectivity index (χ0) is 18.5. The molecule has 1 aromatic heterocycles. The Bertz CT molecular complexity index is 1020. The smallest absolute Gasteiger partial charge is 0.274 e. The van der Waals surface area contributed by atoms with Gasteiger partial charge in [0.15, 0.2) is 0 Å². The number of anilines is 3. The van der Waals surface area contributed by atoms with Crippen LogP contribution in [0.25, 0.3) is 0 Å². The Balaban J connectivity index is 1.80. The lowest BCUT2D eigenvalue weighted by Crippen LogP contribution is -2.15. The van der Waals surface area contributed by atoms with E-state index in [1.807, 2.05) is 6.07 Å². The lowest BCUT2D eigenvalue weighted by atomic mass is 10.2. The molecule has 8 heteroatoms. The maximum absolute atomic E-state index is 13.6. The molecule has 26 heavy (non-hydrogen) atoms. The minimum absolute atomic E-state index is 0.0272. The second-order valence-corrected chi connectivity index (χ2v) is 5.15. The number of nitriles is 1. The quantitative estimate of drug-likeness (QED) is 0.749. The molecule has 3 aromatic rings. The summed E-state index contributed by atoms with van der Waals surface area (Å²) in [6, 6.07) is 13.0. The molecular weight excluding hydrogens is 340 g/mol. The number of rotatable bonds is 4. The lowest BCUT2D eigenvalue weighted by molar-refractivity contribution is 0.102. The molecule has 0 bridgehead atoms. The van der Waals surface area contributed by atoms with Crippen molar-refractivity contribution in [3.05, 3.63) is 77.8 Å². The first-order valence-electron chi connectivity index (χ1n) is 7.41. The van der Waals surface area contributed by atoms with Crippen LogP contribution in [-0.2, 0) is 0 Å². The van der Waals surface area contributed by atoms with E-state index >= 15 is 0 Å². The third kappa shape index (κ3) is 3.79. The molecule has 3 rings (SSSR count). The van der Waals surface area contributed by atoms with Gasteiger partial charge in [0.05, 0.1) is 16.9 Å². The molecule has 0 radical (unpaired) electrons. The molecular formula is C18H11F2N5O. The Morgan fingerprint density at radius 2 is 1.85 bits per heavy atom. The van der Waals surface area contributed by atoms with Crippen molar-refractivity contribution < 1.29 is 13.6 Å². The van der Waals surface area contributed by atoms with Gasteiger partial charge in [-0.05, 0) is 24.3 Å². The molecule has 1 amide bonds. The van der Waals surface area contributed by atoms with Crippen LogP contribution >= 0.6 is 0 Å². The summed E-state index contributed by atoms with van der Waals surface area (Å²) >= 11 is 0. The summed E-state index contributed by atoms with van der Waals surface area (Å²) in [6.45, 7) is 0. The Labute approximate surface area is 147 Å². The molecule has 6 nitrogen and oxygen atoms in total. The average Bonchev–Trinajstić information content (AvgIpc) is 2.64. The van der Waals surface area contributed by atoms with E-state index in [-0.39, 0.29) is 17.2 Å². The van der Waals surface area contributed by atoms with Crippen molar-refractivity contribution in [3.63, 3.8) is 0 Å². The van der Waals surface area contributed by atoms with Crippen molar-refractivity contribution in [2.75, 3.05) is 10.6 Å². The molecule has 0 saturated heterocycles. The maximum atomic E-state index is 13.6. The van der Waals surface area contributed by atoms with Gasteiger partial charge in [-0.15, -0.1) is 0 Å². The zero-order valence-corrected chi connectivity index (χ0v) is 13.2. The van der Waals surface area contributed by atoms with Gasteiger partial charge in [0, 0.05) is 12.1 Å². The number of carbonyl (C=O) groups is 1. The minimum Gasteiger partial charge on any atom is -0.339 e. The number of hydrogen-bond acceptors (Lipinski definition) is 5. The molecule has 0 saturated carbocycles. The first kappa shape index (κ1) is 17.0. The molecule has 0 spiro atoms. The average molecular weight is 351 g/mol. The van der Waals surface area contributed by atoms with Crippen LogP contribution < -0.4 is 10.6 Å². The van der Waals surface area contributed by atoms with E-state index in [9.17, 15) is 13.6 Å². The van der Waals surface area contributed by atoms with Crippen LogP contribution in [0, 0.1) is 23.0 Å². The Hall–Kier alpha value is -3.86. The number of halogens is 2. The molecule has 1 heterocycles. The van der Waals surface area contributed by atoms with E-state index in [0.717, 1.165) is 18.5 Å². The van der Waals surface area contributed by atoms with Crippen LogP contribution in [-0.4, -0.2) is 15.9 Å². The van der Waals surface area contributed by atoms with Gasteiger partial charge in [-0.2, -0.15) is 5.26 Å². The highest BCUT2D eigenvalue weighted by Crippen LogP contribution is 2.20. The Kier molecular flexibility index (Phi) is 4.80. The number of aromatic nitrogens is 2.